The van der Waals surface area contributed by atoms with Crippen LogP contribution < -0.4 is 5.43 Å². The van der Waals surface area contributed by atoms with Crippen LogP contribution in [-0.4, -0.2) is 23.2 Å². The van der Waals surface area contributed by atoms with Crippen molar-refractivity contribution in [3.63, 3.8) is 0 Å². The molecule has 5 heteroatoms. The number of hydrogen-bond acceptors (Lipinski definition) is 3. The van der Waals surface area contributed by atoms with Crippen molar-refractivity contribution in [3.8, 4) is 0 Å². The molecule has 0 fully saturated rings. The van der Waals surface area contributed by atoms with Gasteiger partial charge in [-0.05, 0) is 47.7 Å². The van der Waals surface area contributed by atoms with E-state index in [9.17, 15) is 9.59 Å². The summed E-state index contributed by atoms with van der Waals surface area (Å²) >= 11 is 0. The van der Waals surface area contributed by atoms with Crippen LogP contribution in [0.15, 0.2) is 84.0 Å². The predicted octanol–water partition coefficient (Wildman–Crippen LogP) is 3.93. The second kappa shape index (κ2) is 9.28. The smallest absolute Gasteiger partial charge is 0.335 e. The molecule has 0 aliphatic heterocycles. The lowest BCUT2D eigenvalue weighted by molar-refractivity contribution is 0.0696. The molecular weight excluding hydrogens is 352 g/mol. The van der Waals surface area contributed by atoms with Gasteiger partial charge in [0.15, 0.2) is 0 Å². The monoisotopic (exact) mass is 372 g/mol. The maximum atomic E-state index is 12.5. The second-order valence-corrected chi connectivity index (χ2v) is 6.27. The van der Waals surface area contributed by atoms with Crippen molar-refractivity contribution in [2.75, 3.05) is 0 Å². The number of carbonyl (C=O) groups is 2. The van der Waals surface area contributed by atoms with E-state index in [1.54, 1.807) is 18.2 Å². The second-order valence-electron chi connectivity index (χ2n) is 6.27. The first-order valence-electron chi connectivity index (χ1n) is 8.92. The Balaban J connectivity index is 1.63. The van der Waals surface area contributed by atoms with Crippen LogP contribution in [0.3, 0.4) is 0 Å². The first kappa shape index (κ1) is 19.0. The van der Waals surface area contributed by atoms with Crippen molar-refractivity contribution >= 4 is 18.1 Å². The fourth-order valence-electron chi connectivity index (χ4n) is 2.82. The molecule has 0 aromatic heterocycles. The lowest BCUT2D eigenvalue weighted by Crippen LogP contribution is -2.19. The van der Waals surface area contributed by atoms with Crippen molar-refractivity contribution in [2.24, 2.45) is 5.10 Å². The van der Waals surface area contributed by atoms with Crippen molar-refractivity contribution < 1.29 is 14.7 Å². The number of carboxylic acids is 1. The van der Waals surface area contributed by atoms with Crippen molar-refractivity contribution in [1.82, 2.24) is 5.43 Å². The predicted molar refractivity (Wildman–Crippen MR) is 109 cm³/mol. The van der Waals surface area contributed by atoms with Crippen LogP contribution >= 0.6 is 0 Å². The van der Waals surface area contributed by atoms with E-state index >= 15 is 0 Å². The van der Waals surface area contributed by atoms with Gasteiger partial charge in [-0.15, -0.1) is 0 Å². The van der Waals surface area contributed by atoms with E-state index in [0.29, 0.717) is 11.1 Å². The summed E-state index contributed by atoms with van der Waals surface area (Å²) in [4.78, 5) is 23.4. The summed E-state index contributed by atoms with van der Waals surface area (Å²) in [5, 5.41) is 12.9. The van der Waals surface area contributed by atoms with Gasteiger partial charge in [0.25, 0.3) is 5.91 Å². The van der Waals surface area contributed by atoms with E-state index in [1.165, 1.54) is 23.9 Å². The summed E-state index contributed by atoms with van der Waals surface area (Å²) in [6.45, 7) is 0. The Morgan fingerprint density at radius 1 is 0.857 bits per heavy atom. The standard InChI is InChI=1S/C23H20N2O3/c26-22(25-24-16-18-11-14-20(15-12-18)23(27)28)21-9-5-4-8-19(21)13-10-17-6-2-1-3-7-17/h1-9,11-12,14-16H,10,13H2,(H,25,26)(H,27,28)/b24-16+. The Kier molecular flexibility index (Phi) is 6.31. The highest BCUT2D eigenvalue weighted by molar-refractivity contribution is 5.96. The largest absolute Gasteiger partial charge is 0.478 e. The zero-order chi connectivity index (χ0) is 19.8. The fraction of sp³-hybridized carbons (Fsp3) is 0.0870. The number of carbonyl (C=O) groups excluding carboxylic acids is 1. The highest BCUT2D eigenvalue weighted by Crippen LogP contribution is 2.13. The van der Waals surface area contributed by atoms with Gasteiger partial charge in [0.05, 0.1) is 11.8 Å². The minimum atomic E-state index is -0.982. The van der Waals surface area contributed by atoms with Crippen LogP contribution in [0.5, 0.6) is 0 Å². The first-order chi connectivity index (χ1) is 13.6. The normalized spacial score (nSPS) is 10.7. The van der Waals surface area contributed by atoms with Crippen LogP contribution in [0.1, 0.15) is 37.4 Å². The Bertz CT molecular complexity index is 980. The van der Waals surface area contributed by atoms with Gasteiger partial charge in [-0.25, -0.2) is 10.2 Å². The number of aromatic carboxylic acids is 1. The molecule has 0 spiro atoms. The quantitative estimate of drug-likeness (QED) is 0.487. The van der Waals surface area contributed by atoms with Gasteiger partial charge in [0.2, 0.25) is 0 Å². The number of benzene rings is 3. The third-order valence-electron chi connectivity index (χ3n) is 4.33. The fourth-order valence-corrected chi connectivity index (χ4v) is 2.82. The van der Waals surface area contributed by atoms with Gasteiger partial charge in [0, 0.05) is 5.56 Å². The number of rotatable bonds is 7. The molecule has 0 bridgehead atoms. The molecule has 0 radical (unpaired) electrons. The van der Waals surface area contributed by atoms with Crippen LogP contribution in [0, 0.1) is 0 Å². The Morgan fingerprint density at radius 2 is 1.54 bits per heavy atom. The van der Waals surface area contributed by atoms with Crippen molar-refractivity contribution in [1.29, 1.82) is 0 Å². The molecule has 140 valence electrons. The van der Waals surface area contributed by atoms with Gasteiger partial charge in [0.1, 0.15) is 0 Å². The summed E-state index contributed by atoms with van der Waals surface area (Å²) in [5.41, 5.74) is 6.22. The molecule has 28 heavy (non-hydrogen) atoms. The Labute approximate surface area is 163 Å². The van der Waals surface area contributed by atoms with Gasteiger partial charge >= 0.3 is 5.97 Å². The van der Waals surface area contributed by atoms with Crippen molar-refractivity contribution in [3.05, 3.63) is 107 Å². The molecule has 0 saturated heterocycles. The molecule has 1 amide bonds. The highest BCUT2D eigenvalue weighted by atomic mass is 16.4. The van der Waals surface area contributed by atoms with E-state index in [2.05, 4.69) is 22.7 Å². The average molecular weight is 372 g/mol. The third-order valence-corrected chi connectivity index (χ3v) is 4.33. The zero-order valence-electron chi connectivity index (χ0n) is 15.2. The number of amides is 1. The number of carboxylic acid groups (broad SMARTS) is 1. The maximum Gasteiger partial charge on any atom is 0.335 e. The molecule has 0 aliphatic rings. The van der Waals surface area contributed by atoms with E-state index in [0.717, 1.165) is 18.4 Å². The average Bonchev–Trinajstić information content (AvgIpc) is 2.73. The summed E-state index contributed by atoms with van der Waals surface area (Å²) in [6, 6.07) is 23.9. The zero-order valence-corrected chi connectivity index (χ0v) is 15.2. The lowest BCUT2D eigenvalue weighted by atomic mass is 9.99. The van der Waals surface area contributed by atoms with Crippen LogP contribution in [-0.2, 0) is 12.8 Å². The summed E-state index contributed by atoms with van der Waals surface area (Å²) in [6.07, 6.45) is 3.09. The maximum absolute atomic E-state index is 12.5. The molecule has 0 unspecified atom stereocenters. The molecule has 3 rings (SSSR count). The number of nitrogens with one attached hydrogen (secondary N) is 1. The van der Waals surface area contributed by atoms with Gasteiger partial charge in [-0.2, -0.15) is 5.10 Å². The Hall–Kier alpha value is -3.73. The first-order valence-corrected chi connectivity index (χ1v) is 8.92. The van der Waals surface area contributed by atoms with Crippen LogP contribution in [0.2, 0.25) is 0 Å². The van der Waals surface area contributed by atoms with Crippen molar-refractivity contribution in [2.45, 2.75) is 12.8 Å². The van der Waals surface area contributed by atoms with Gasteiger partial charge in [-0.3, -0.25) is 4.79 Å². The minimum Gasteiger partial charge on any atom is -0.478 e. The van der Waals surface area contributed by atoms with Crippen LogP contribution in [0.25, 0.3) is 0 Å². The SMILES string of the molecule is O=C(O)c1ccc(/C=N/NC(=O)c2ccccc2CCc2ccccc2)cc1. The lowest BCUT2D eigenvalue weighted by Gasteiger charge is -2.08. The highest BCUT2D eigenvalue weighted by Gasteiger charge is 2.10. The van der Waals surface area contributed by atoms with E-state index in [-0.39, 0.29) is 11.5 Å². The number of nitrogens with zero attached hydrogens (tertiary/aromatic N) is 1. The summed E-state index contributed by atoms with van der Waals surface area (Å²) in [5.74, 6) is -1.26. The molecule has 0 heterocycles. The molecule has 2 N–H and O–H groups in total. The molecule has 5 nitrogen and oxygen atoms in total. The molecule has 0 atom stereocenters. The Morgan fingerprint density at radius 3 is 2.25 bits per heavy atom. The van der Waals surface area contributed by atoms with Gasteiger partial charge in [-0.1, -0.05) is 60.7 Å². The minimum absolute atomic E-state index is 0.202. The third kappa shape index (κ3) is 5.14. The summed E-state index contributed by atoms with van der Waals surface area (Å²) in [7, 11) is 0. The van der Waals surface area contributed by atoms with E-state index < -0.39 is 5.97 Å². The topological polar surface area (TPSA) is 78.8 Å². The van der Waals surface area contributed by atoms with E-state index in [1.807, 2.05) is 36.4 Å². The molecule has 0 saturated carbocycles. The number of hydrogen-bond donors (Lipinski definition) is 2. The molecule has 0 aliphatic carbocycles. The molecule has 3 aromatic carbocycles. The summed E-state index contributed by atoms with van der Waals surface area (Å²) < 4.78 is 0. The van der Waals surface area contributed by atoms with Gasteiger partial charge < -0.3 is 5.11 Å². The van der Waals surface area contributed by atoms with E-state index in [4.69, 9.17) is 5.11 Å². The molecule has 3 aromatic rings. The number of hydrazone groups is 1. The molecular formula is C23H20N2O3. The number of aryl methyl sites for hydroxylation is 2. The van der Waals surface area contributed by atoms with Crippen LogP contribution in [0.4, 0.5) is 0 Å².